The Morgan fingerprint density at radius 2 is 2.08 bits per heavy atom. The summed E-state index contributed by atoms with van der Waals surface area (Å²) in [5, 5.41) is 8.26. The highest BCUT2D eigenvalue weighted by Gasteiger charge is 2.29. The van der Waals surface area contributed by atoms with Gasteiger partial charge in [-0.2, -0.15) is 0 Å². The van der Waals surface area contributed by atoms with Gasteiger partial charge in [-0.15, -0.1) is 10.2 Å². The molecule has 1 saturated heterocycles. The molecule has 1 unspecified atom stereocenters. The lowest BCUT2D eigenvalue weighted by Gasteiger charge is -2.32. The van der Waals surface area contributed by atoms with Gasteiger partial charge in [-0.25, -0.2) is 4.39 Å². The number of benzene rings is 1. The Morgan fingerprint density at radius 3 is 2.79 bits per heavy atom. The highest BCUT2D eigenvalue weighted by molar-refractivity contribution is 5.78. The summed E-state index contributed by atoms with van der Waals surface area (Å²) in [7, 11) is 0. The van der Waals surface area contributed by atoms with Gasteiger partial charge in [0.1, 0.15) is 5.82 Å². The van der Waals surface area contributed by atoms with Crippen LogP contribution in [-0.2, 0) is 11.2 Å². The van der Waals surface area contributed by atoms with Crippen molar-refractivity contribution in [3.05, 3.63) is 47.4 Å². The second-order valence-corrected chi connectivity index (χ2v) is 6.62. The summed E-state index contributed by atoms with van der Waals surface area (Å²) >= 11 is 0. The zero-order chi connectivity index (χ0) is 17.1. The van der Waals surface area contributed by atoms with Crippen LogP contribution in [0, 0.1) is 11.7 Å². The lowest BCUT2D eigenvalue weighted by molar-refractivity contribution is -0.135. The summed E-state index contributed by atoms with van der Waals surface area (Å²) in [5.41, 5.74) is 0.923. The van der Waals surface area contributed by atoms with E-state index in [0.29, 0.717) is 24.7 Å². The minimum atomic E-state index is -0.262. The third-order valence-electron chi connectivity index (χ3n) is 4.33. The van der Waals surface area contributed by atoms with Gasteiger partial charge >= 0.3 is 0 Å². The van der Waals surface area contributed by atoms with Gasteiger partial charge in [-0.1, -0.05) is 26.0 Å². The number of carbonyl (C=O) groups excluding carboxylic acids is 1. The fourth-order valence-corrected chi connectivity index (χ4v) is 3.02. The molecule has 1 aliphatic heterocycles. The fraction of sp³-hybridized carbons (Fsp3) is 0.500. The summed E-state index contributed by atoms with van der Waals surface area (Å²) in [6.07, 6.45) is 2.37. The minimum Gasteiger partial charge on any atom is -0.425 e. The predicted molar refractivity (Wildman–Crippen MR) is 86.9 cm³/mol. The fourth-order valence-electron chi connectivity index (χ4n) is 3.02. The molecule has 1 atom stereocenters. The molecule has 5 nitrogen and oxygen atoms in total. The third-order valence-corrected chi connectivity index (χ3v) is 4.33. The SMILES string of the molecule is CC(C)C(=O)N1CCCC(c2nnc(Cc3ccc(F)cc3)o2)C1. The van der Waals surface area contributed by atoms with E-state index in [1.54, 1.807) is 12.1 Å². The van der Waals surface area contributed by atoms with Crippen LogP contribution in [0.5, 0.6) is 0 Å². The molecule has 0 aliphatic carbocycles. The normalized spacial score (nSPS) is 18.2. The number of aromatic nitrogens is 2. The van der Waals surface area contributed by atoms with Crippen molar-refractivity contribution >= 4 is 5.91 Å². The molecule has 0 N–H and O–H groups in total. The zero-order valence-corrected chi connectivity index (χ0v) is 14.0. The van der Waals surface area contributed by atoms with Gasteiger partial charge in [-0.05, 0) is 30.5 Å². The number of hydrogen-bond acceptors (Lipinski definition) is 4. The molecular formula is C18H22FN3O2. The number of rotatable bonds is 4. The molecule has 3 rings (SSSR count). The van der Waals surface area contributed by atoms with Crippen LogP contribution in [0.1, 0.15) is 50.0 Å². The van der Waals surface area contributed by atoms with Crippen LogP contribution in [0.2, 0.25) is 0 Å². The summed E-state index contributed by atoms with van der Waals surface area (Å²) < 4.78 is 18.7. The van der Waals surface area contributed by atoms with Crippen molar-refractivity contribution < 1.29 is 13.6 Å². The van der Waals surface area contributed by atoms with Crippen LogP contribution in [0.3, 0.4) is 0 Å². The number of hydrogen-bond donors (Lipinski definition) is 0. The van der Waals surface area contributed by atoms with E-state index in [4.69, 9.17) is 4.42 Å². The number of likely N-dealkylation sites (tertiary alicyclic amines) is 1. The first-order valence-corrected chi connectivity index (χ1v) is 8.38. The Labute approximate surface area is 140 Å². The number of carbonyl (C=O) groups is 1. The van der Waals surface area contributed by atoms with Crippen LogP contribution >= 0.6 is 0 Å². The molecular weight excluding hydrogens is 309 g/mol. The Bertz CT molecular complexity index is 697. The molecule has 1 aromatic carbocycles. The highest BCUT2D eigenvalue weighted by atomic mass is 19.1. The standard InChI is InChI=1S/C18H22FN3O2/c1-12(2)18(23)22-9-3-4-14(11-22)17-21-20-16(24-17)10-13-5-7-15(19)8-6-13/h5-8,12,14H,3-4,9-11H2,1-2H3. The van der Waals surface area contributed by atoms with Gasteiger partial charge in [0.2, 0.25) is 17.7 Å². The zero-order valence-electron chi connectivity index (χ0n) is 14.0. The number of halogens is 1. The Kier molecular flexibility index (Phi) is 4.92. The van der Waals surface area contributed by atoms with E-state index in [9.17, 15) is 9.18 Å². The van der Waals surface area contributed by atoms with Crippen LogP contribution < -0.4 is 0 Å². The third kappa shape index (κ3) is 3.80. The second-order valence-electron chi connectivity index (χ2n) is 6.62. The Morgan fingerprint density at radius 1 is 1.33 bits per heavy atom. The maximum Gasteiger partial charge on any atom is 0.225 e. The summed E-state index contributed by atoms with van der Waals surface area (Å²) in [4.78, 5) is 14.1. The summed E-state index contributed by atoms with van der Waals surface area (Å²) in [6, 6.07) is 6.26. The molecule has 0 saturated carbocycles. The average molecular weight is 331 g/mol. The molecule has 128 valence electrons. The molecule has 0 radical (unpaired) electrons. The van der Waals surface area contributed by atoms with E-state index in [-0.39, 0.29) is 23.6 Å². The number of nitrogens with zero attached hydrogens (tertiary/aromatic N) is 3. The van der Waals surface area contributed by atoms with Crippen molar-refractivity contribution in [2.75, 3.05) is 13.1 Å². The maximum atomic E-state index is 12.9. The van der Waals surface area contributed by atoms with Crippen LogP contribution in [0.4, 0.5) is 4.39 Å². The minimum absolute atomic E-state index is 0.000437. The van der Waals surface area contributed by atoms with E-state index < -0.39 is 0 Å². The van der Waals surface area contributed by atoms with Crippen molar-refractivity contribution in [2.45, 2.75) is 39.0 Å². The van der Waals surface area contributed by atoms with Crippen molar-refractivity contribution in [2.24, 2.45) is 5.92 Å². The monoisotopic (exact) mass is 331 g/mol. The van der Waals surface area contributed by atoms with Crippen LogP contribution in [0.15, 0.2) is 28.7 Å². The topological polar surface area (TPSA) is 59.2 Å². The molecule has 24 heavy (non-hydrogen) atoms. The van der Waals surface area contributed by atoms with E-state index in [1.165, 1.54) is 12.1 Å². The molecule has 0 bridgehead atoms. The highest BCUT2D eigenvalue weighted by Crippen LogP contribution is 2.27. The second kappa shape index (κ2) is 7.11. The van der Waals surface area contributed by atoms with Gasteiger partial charge in [0.05, 0.1) is 12.3 Å². The van der Waals surface area contributed by atoms with Gasteiger partial charge in [0.25, 0.3) is 0 Å². The average Bonchev–Trinajstić information content (AvgIpc) is 3.05. The lowest BCUT2D eigenvalue weighted by atomic mass is 9.97. The molecule has 2 aromatic rings. The van der Waals surface area contributed by atoms with Gasteiger partial charge < -0.3 is 9.32 Å². The van der Waals surface area contributed by atoms with Crippen molar-refractivity contribution in [1.29, 1.82) is 0 Å². The smallest absolute Gasteiger partial charge is 0.225 e. The lowest BCUT2D eigenvalue weighted by Crippen LogP contribution is -2.41. The first kappa shape index (κ1) is 16.6. The van der Waals surface area contributed by atoms with Crippen molar-refractivity contribution in [3.63, 3.8) is 0 Å². The molecule has 1 fully saturated rings. The van der Waals surface area contributed by atoms with Gasteiger partial charge in [0, 0.05) is 19.0 Å². The Hall–Kier alpha value is -2.24. The van der Waals surface area contributed by atoms with Gasteiger partial charge in [0.15, 0.2) is 0 Å². The van der Waals surface area contributed by atoms with E-state index in [0.717, 1.165) is 24.9 Å². The van der Waals surface area contributed by atoms with E-state index >= 15 is 0 Å². The Balaban J connectivity index is 1.66. The van der Waals surface area contributed by atoms with Gasteiger partial charge in [-0.3, -0.25) is 4.79 Å². The first-order valence-electron chi connectivity index (χ1n) is 8.38. The largest absolute Gasteiger partial charge is 0.425 e. The predicted octanol–water partition coefficient (Wildman–Crippen LogP) is 3.16. The van der Waals surface area contributed by atoms with E-state index in [1.807, 2.05) is 18.7 Å². The van der Waals surface area contributed by atoms with Crippen LogP contribution in [0.25, 0.3) is 0 Å². The summed E-state index contributed by atoms with van der Waals surface area (Å²) in [6.45, 7) is 5.26. The van der Waals surface area contributed by atoms with Crippen molar-refractivity contribution in [1.82, 2.24) is 15.1 Å². The van der Waals surface area contributed by atoms with E-state index in [2.05, 4.69) is 10.2 Å². The van der Waals surface area contributed by atoms with Crippen molar-refractivity contribution in [3.8, 4) is 0 Å². The molecule has 0 spiro atoms. The molecule has 2 heterocycles. The maximum absolute atomic E-state index is 12.9. The molecule has 1 aromatic heterocycles. The quantitative estimate of drug-likeness (QED) is 0.863. The molecule has 1 amide bonds. The summed E-state index contributed by atoms with van der Waals surface area (Å²) in [5.74, 6) is 1.11. The molecule has 1 aliphatic rings. The van der Waals surface area contributed by atoms with Crippen LogP contribution in [-0.4, -0.2) is 34.1 Å². The molecule has 6 heteroatoms. The first-order chi connectivity index (χ1) is 11.5. The number of amides is 1. The number of piperidine rings is 1.